The van der Waals surface area contributed by atoms with Crippen LogP contribution in [0, 0.1) is 5.82 Å². The summed E-state index contributed by atoms with van der Waals surface area (Å²) in [6, 6.07) is 9.61. The van der Waals surface area contributed by atoms with E-state index in [0.29, 0.717) is 71.0 Å². The Bertz CT molecular complexity index is 1820. The number of pyridine rings is 1. The normalized spacial score (nSPS) is 19.1. The highest BCUT2D eigenvalue weighted by atomic mass is 19.3. The summed E-state index contributed by atoms with van der Waals surface area (Å²) in [7, 11) is 2.92. The molecule has 3 aromatic rings. The van der Waals surface area contributed by atoms with Gasteiger partial charge in [-0.25, -0.2) is 9.37 Å². The average molecular weight is 652 g/mol. The molecule has 2 amide bonds. The number of amides is 2. The van der Waals surface area contributed by atoms with Crippen molar-refractivity contribution in [3.8, 4) is 28.5 Å². The summed E-state index contributed by atoms with van der Waals surface area (Å²) in [5, 5.41) is 2.90. The highest BCUT2D eigenvalue weighted by Gasteiger charge is 2.50. The van der Waals surface area contributed by atoms with Crippen LogP contribution in [0.1, 0.15) is 54.0 Å². The summed E-state index contributed by atoms with van der Waals surface area (Å²) < 4.78 is 63.9. The molecule has 0 atom stereocenters. The summed E-state index contributed by atoms with van der Waals surface area (Å²) >= 11 is 0. The van der Waals surface area contributed by atoms with Crippen LogP contribution in [0.3, 0.4) is 0 Å². The van der Waals surface area contributed by atoms with Gasteiger partial charge in [-0.05, 0) is 73.6 Å². The van der Waals surface area contributed by atoms with Gasteiger partial charge in [0.25, 0.3) is 5.91 Å². The van der Waals surface area contributed by atoms with Crippen molar-refractivity contribution >= 4 is 23.3 Å². The third-order valence-corrected chi connectivity index (χ3v) is 9.00. The average Bonchev–Trinajstić information content (AvgIpc) is 3.75. The number of nitrogens with one attached hydrogen (secondary N) is 1. The van der Waals surface area contributed by atoms with Crippen LogP contribution < -0.4 is 30.2 Å². The van der Waals surface area contributed by atoms with Crippen LogP contribution in [0.15, 0.2) is 41.4 Å². The van der Waals surface area contributed by atoms with Gasteiger partial charge in [-0.15, -0.1) is 8.78 Å². The second kappa shape index (κ2) is 11.4. The highest BCUT2D eigenvalue weighted by Crippen LogP contribution is 2.53. The van der Waals surface area contributed by atoms with Crippen LogP contribution in [0.2, 0.25) is 0 Å². The smallest absolute Gasteiger partial charge is 0.481 e. The van der Waals surface area contributed by atoms with Crippen molar-refractivity contribution in [1.82, 2.24) is 10.3 Å². The number of primary amides is 1. The number of piperidine rings is 1. The molecule has 0 bridgehead atoms. The van der Waals surface area contributed by atoms with E-state index in [9.17, 15) is 18.4 Å². The van der Waals surface area contributed by atoms with Gasteiger partial charge in [0.15, 0.2) is 11.5 Å². The van der Waals surface area contributed by atoms with Gasteiger partial charge in [0.2, 0.25) is 11.8 Å². The third kappa shape index (κ3) is 5.60. The Morgan fingerprint density at radius 1 is 1.11 bits per heavy atom. The minimum Gasteiger partial charge on any atom is -0.481 e. The lowest BCUT2D eigenvalue weighted by Gasteiger charge is -2.38. The molecule has 14 heteroatoms. The van der Waals surface area contributed by atoms with Crippen molar-refractivity contribution in [1.29, 1.82) is 0 Å². The van der Waals surface area contributed by atoms with E-state index in [0.717, 1.165) is 12.8 Å². The molecule has 1 aliphatic carbocycles. The Balaban J connectivity index is 1.18. The Labute approximate surface area is 267 Å². The molecule has 4 aliphatic rings. The number of fused-ring (bicyclic) bond motifs is 1. The molecule has 246 valence electrons. The number of hydrogen-bond acceptors (Lipinski definition) is 9. The molecule has 0 unspecified atom stereocenters. The largest absolute Gasteiger partial charge is 0.586 e. The lowest BCUT2D eigenvalue weighted by atomic mass is 9.87. The number of carbonyl (C=O) groups is 2. The van der Waals surface area contributed by atoms with Gasteiger partial charge in [-0.3, -0.25) is 14.6 Å². The van der Waals surface area contributed by atoms with Gasteiger partial charge in [-0.1, -0.05) is 0 Å². The summed E-state index contributed by atoms with van der Waals surface area (Å²) in [4.78, 5) is 36.1. The van der Waals surface area contributed by atoms with Crippen molar-refractivity contribution in [3.63, 3.8) is 0 Å². The molecular weight excluding hydrogens is 619 g/mol. The van der Waals surface area contributed by atoms with Gasteiger partial charge >= 0.3 is 6.29 Å². The van der Waals surface area contributed by atoms with E-state index in [1.165, 1.54) is 26.4 Å². The third-order valence-electron chi connectivity index (χ3n) is 9.00. The van der Waals surface area contributed by atoms with Crippen molar-refractivity contribution < 1.29 is 41.7 Å². The summed E-state index contributed by atoms with van der Waals surface area (Å²) in [6.07, 6.45) is -1.56. The van der Waals surface area contributed by atoms with Crippen molar-refractivity contribution in [2.24, 2.45) is 10.7 Å². The van der Waals surface area contributed by atoms with Crippen molar-refractivity contribution in [3.05, 3.63) is 64.6 Å². The molecule has 1 saturated heterocycles. The van der Waals surface area contributed by atoms with Crippen LogP contribution in [-0.4, -0.2) is 61.8 Å². The van der Waals surface area contributed by atoms with Crippen molar-refractivity contribution in [2.45, 2.75) is 56.5 Å². The topological polar surface area (TPSA) is 138 Å². The van der Waals surface area contributed by atoms with E-state index in [-0.39, 0.29) is 42.2 Å². The standard InChI is InChI=1S/C33H32F3N5O6/c1-44-16-22-23(34)13-18(20-6-5-19(15-26(37)42)38-30(20)45-2)14-24(22)41-11-9-32(10-12-41)31(43)39-29(40-32)21-7-8-25-28(27(21)17-3-4-17)47-33(35,36)46-25/h5-8,13-14,17H,3-4,9-12,15-16H2,1-2H3,(H2,37,42)(H,39,40,43). The molecule has 2 fully saturated rings. The molecule has 1 aromatic heterocycles. The number of aliphatic imine (C=N–C) groups is 1. The van der Waals surface area contributed by atoms with Gasteiger partial charge in [0.05, 0.1) is 25.8 Å². The summed E-state index contributed by atoms with van der Waals surface area (Å²) in [5.74, 6) is -0.806. The van der Waals surface area contributed by atoms with Crippen LogP contribution in [-0.2, 0) is 27.4 Å². The van der Waals surface area contributed by atoms with Crippen LogP contribution in [0.5, 0.6) is 17.4 Å². The lowest BCUT2D eigenvalue weighted by molar-refractivity contribution is -0.286. The van der Waals surface area contributed by atoms with E-state index in [1.807, 2.05) is 11.0 Å². The Hall–Kier alpha value is -4.85. The maximum absolute atomic E-state index is 15.7. The number of alkyl halides is 2. The van der Waals surface area contributed by atoms with E-state index < -0.39 is 23.6 Å². The number of ether oxygens (including phenoxy) is 4. The predicted octanol–water partition coefficient (Wildman–Crippen LogP) is 4.19. The lowest BCUT2D eigenvalue weighted by Crippen LogP contribution is -2.49. The van der Waals surface area contributed by atoms with Crippen LogP contribution in [0.25, 0.3) is 11.1 Å². The molecule has 2 aromatic carbocycles. The zero-order valence-electron chi connectivity index (χ0n) is 25.7. The fourth-order valence-corrected chi connectivity index (χ4v) is 6.60. The van der Waals surface area contributed by atoms with Crippen LogP contribution in [0.4, 0.5) is 18.9 Å². The monoisotopic (exact) mass is 651 g/mol. The Morgan fingerprint density at radius 3 is 2.53 bits per heavy atom. The molecule has 3 aliphatic heterocycles. The van der Waals surface area contributed by atoms with E-state index in [2.05, 4.69) is 15.0 Å². The molecule has 4 heterocycles. The number of anilines is 1. The first-order valence-electron chi connectivity index (χ1n) is 15.2. The van der Waals surface area contributed by atoms with E-state index in [1.54, 1.807) is 18.2 Å². The second-order valence-electron chi connectivity index (χ2n) is 12.1. The zero-order chi connectivity index (χ0) is 33.1. The quantitative estimate of drug-likeness (QED) is 0.352. The van der Waals surface area contributed by atoms with Gasteiger partial charge < -0.3 is 34.9 Å². The SMILES string of the molecule is COCc1c(F)cc(-c2ccc(CC(N)=O)nc2OC)cc1N1CCC2(CC1)N=C(c1ccc3c(c1C1CC1)OC(F)(F)O3)NC2=O. The number of nitrogens with two attached hydrogens (primary N) is 1. The Morgan fingerprint density at radius 2 is 1.85 bits per heavy atom. The Kier molecular flexibility index (Phi) is 7.49. The van der Waals surface area contributed by atoms with Crippen molar-refractivity contribution in [2.75, 3.05) is 32.2 Å². The molecular formula is C33H32F3N5O6. The first kappa shape index (κ1) is 30.8. The molecule has 47 heavy (non-hydrogen) atoms. The maximum atomic E-state index is 15.7. The van der Waals surface area contributed by atoms with E-state index in [4.69, 9.17) is 24.9 Å². The molecule has 7 rings (SSSR count). The van der Waals surface area contributed by atoms with Gasteiger partial charge in [0, 0.05) is 48.1 Å². The number of methoxy groups -OCH3 is 2. The molecule has 0 radical (unpaired) electrons. The molecule has 1 saturated carbocycles. The summed E-state index contributed by atoms with van der Waals surface area (Å²) in [5.41, 5.74) is 7.76. The number of halogens is 3. The highest BCUT2D eigenvalue weighted by molar-refractivity contribution is 6.16. The van der Waals surface area contributed by atoms with Crippen LogP contribution >= 0.6 is 0 Å². The molecule has 11 nitrogen and oxygen atoms in total. The minimum absolute atomic E-state index is 0.00464. The number of nitrogens with zero attached hydrogens (tertiary/aromatic N) is 3. The van der Waals surface area contributed by atoms with Gasteiger partial charge in [-0.2, -0.15) is 0 Å². The first-order valence-corrected chi connectivity index (χ1v) is 15.2. The zero-order valence-corrected chi connectivity index (χ0v) is 25.7. The fourth-order valence-electron chi connectivity index (χ4n) is 6.60. The van der Waals surface area contributed by atoms with E-state index >= 15 is 4.39 Å². The maximum Gasteiger partial charge on any atom is 0.586 e. The summed E-state index contributed by atoms with van der Waals surface area (Å²) in [6.45, 7) is 0.769. The molecule has 3 N–H and O–H groups in total. The minimum atomic E-state index is -3.76. The fraction of sp³-hybridized carbons (Fsp3) is 0.394. The first-order chi connectivity index (χ1) is 22.5. The number of benzene rings is 2. The number of amidine groups is 1. The number of aromatic nitrogens is 1. The number of rotatable bonds is 9. The molecule has 1 spiro atoms. The second-order valence-corrected chi connectivity index (χ2v) is 12.1. The number of carbonyl (C=O) groups excluding carboxylic acids is 2. The van der Waals surface area contributed by atoms with Gasteiger partial charge in [0.1, 0.15) is 17.2 Å². The number of hydrogen-bond donors (Lipinski definition) is 2. The predicted molar refractivity (Wildman–Crippen MR) is 163 cm³/mol.